The summed E-state index contributed by atoms with van der Waals surface area (Å²) in [6.07, 6.45) is 17.7. The molecular weight excluding hydrogens is 833 g/mol. The molecule has 1 aliphatic rings. The Hall–Kier alpha value is -4.68. The fraction of sp³-hybridized carbons (Fsp3) is 0.569. The normalized spacial score (nSPS) is 13.6. The number of ether oxygens (including phenoxy) is 2. The standard InChI is InChI=1S/C51H68F6N3O4/c1-3-5-7-9-11-13-15-17-19-24-36-63-48(61)46-43(38-59-32-28-41(29-33-59)50(52,53)54)58-44(39-60-34-30-42(31-35-60)51(55,56)57)47(45(46)40-26-22-21-23-27-40)49(62)64-37-25-20-18-16-14-12-10-8-6-4-2/h21-23,26-35,45H,3-20,24-25,36-39H2,1-2H3/q+1/p+1. The molecule has 2 aromatic heterocycles. The van der Waals surface area contributed by atoms with E-state index in [9.17, 15) is 35.9 Å². The molecule has 0 saturated carbocycles. The van der Waals surface area contributed by atoms with E-state index < -0.39 is 41.3 Å². The number of hydrogen-bond acceptors (Lipinski definition) is 5. The van der Waals surface area contributed by atoms with Crippen LogP contribution in [0.2, 0.25) is 0 Å². The van der Waals surface area contributed by atoms with Gasteiger partial charge in [0.2, 0.25) is 0 Å². The van der Waals surface area contributed by atoms with Crippen molar-refractivity contribution in [3.63, 3.8) is 0 Å². The summed E-state index contributed by atoms with van der Waals surface area (Å²) in [7, 11) is 0. The summed E-state index contributed by atoms with van der Waals surface area (Å²) in [5.74, 6) is -2.43. The molecule has 0 fully saturated rings. The third-order valence-corrected chi connectivity index (χ3v) is 11.7. The molecule has 64 heavy (non-hydrogen) atoms. The average molecular weight is 902 g/mol. The van der Waals surface area contributed by atoms with Crippen molar-refractivity contribution in [1.82, 2.24) is 5.32 Å². The summed E-state index contributed by atoms with van der Waals surface area (Å²) in [5.41, 5.74) is -0.416. The van der Waals surface area contributed by atoms with Crippen LogP contribution < -0.4 is 14.5 Å². The molecule has 0 spiro atoms. The molecule has 13 heteroatoms. The van der Waals surface area contributed by atoms with E-state index in [1.54, 1.807) is 30.3 Å². The Labute approximate surface area is 376 Å². The van der Waals surface area contributed by atoms with Crippen LogP contribution in [0.25, 0.3) is 0 Å². The Morgan fingerprint density at radius 3 is 1.16 bits per heavy atom. The first kappa shape index (κ1) is 51.9. The van der Waals surface area contributed by atoms with Gasteiger partial charge in [-0.05, 0) is 18.4 Å². The van der Waals surface area contributed by atoms with E-state index in [4.69, 9.17) is 9.47 Å². The van der Waals surface area contributed by atoms with Crippen molar-refractivity contribution >= 4 is 11.9 Å². The minimum Gasteiger partial charge on any atom is -0.462 e. The van der Waals surface area contributed by atoms with E-state index in [1.165, 1.54) is 98.1 Å². The van der Waals surface area contributed by atoms with Crippen LogP contribution in [-0.2, 0) is 44.5 Å². The lowest BCUT2D eigenvalue weighted by Crippen LogP contribution is -2.46. The maximum Gasteiger partial charge on any atom is 0.416 e. The summed E-state index contributed by atoms with van der Waals surface area (Å²) in [6.45, 7) is 4.40. The molecule has 1 N–H and O–H groups in total. The molecule has 0 bridgehead atoms. The zero-order chi connectivity index (χ0) is 46.2. The number of rotatable bonds is 29. The third kappa shape index (κ3) is 17.7. The van der Waals surface area contributed by atoms with Gasteiger partial charge in [-0.15, -0.1) is 0 Å². The second kappa shape index (κ2) is 27.6. The summed E-state index contributed by atoms with van der Waals surface area (Å²) in [6, 6.07) is 12.6. The first-order valence-electron chi connectivity index (χ1n) is 23.6. The molecule has 0 unspecified atom stereocenters. The number of nitrogens with one attached hydrogen (secondary N) is 1. The third-order valence-electron chi connectivity index (χ3n) is 11.7. The van der Waals surface area contributed by atoms with Crippen LogP contribution in [0.5, 0.6) is 0 Å². The van der Waals surface area contributed by atoms with Gasteiger partial charge in [-0.3, -0.25) is 0 Å². The van der Waals surface area contributed by atoms with Gasteiger partial charge in [-0.2, -0.15) is 35.5 Å². The lowest BCUT2D eigenvalue weighted by molar-refractivity contribution is -0.692. The first-order valence-corrected chi connectivity index (χ1v) is 23.6. The number of halogens is 6. The zero-order valence-electron chi connectivity index (χ0n) is 37.8. The number of aromatic nitrogens is 2. The number of carbonyl (C=O) groups excluding carboxylic acids is 2. The Morgan fingerprint density at radius 1 is 0.500 bits per heavy atom. The lowest BCUT2D eigenvalue weighted by atomic mass is 9.80. The molecule has 0 atom stereocenters. The molecule has 1 aromatic carbocycles. The molecule has 0 aliphatic carbocycles. The van der Waals surface area contributed by atoms with Crippen LogP contribution in [-0.4, -0.2) is 25.2 Å². The molecule has 0 radical (unpaired) electrons. The maximum atomic E-state index is 14.5. The van der Waals surface area contributed by atoms with Crippen LogP contribution in [0.4, 0.5) is 26.3 Å². The quantitative estimate of drug-likeness (QED) is 0.0325. The summed E-state index contributed by atoms with van der Waals surface area (Å²) < 4.78 is 96.3. The molecular formula is C51H69F6N3O4+2. The predicted molar refractivity (Wildman–Crippen MR) is 235 cm³/mol. The van der Waals surface area contributed by atoms with Gasteiger partial charge < -0.3 is 14.8 Å². The topological polar surface area (TPSA) is 72.4 Å². The van der Waals surface area contributed by atoms with E-state index in [-0.39, 0.29) is 48.8 Å². The minimum atomic E-state index is -4.57. The Kier molecular flexibility index (Phi) is 22.4. The van der Waals surface area contributed by atoms with E-state index in [0.29, 0.717) is 18.4 Å². The van der Waals surface area contributed by atoms with Crippen molar-refractivity contribution in [2.24, 2.45) is 0 Å². The molecule has 3 aromatic rings. The Bertz CT molecular complexity index is 1780. The second-order valence-corrected chi connectivity index (χ2v) is 16.9. The number of benzene rings is 1. The Morgan fingerprint density at radius 2 is 0.828 bits per heavy atom. The molecule has 4 rings (SSSR count). The highest BCUT2D eigenvalue weighted by Gasteiger charge is 2.42. The predicted octanol–water partition coefficient (Wildman–Crippen LogP) is 12.8. The fourth-order valence-electron chi connectivity index (χ4n) is 8.05. The van der Waals surface area contributed by atoms with Crippen LogP contribution in [0.1, 0.15) is 165 Å². The average Bonchev–Trinajstić information content (AvgIpc) is 3.27. The van der Waals surface area contributed by atoms with Crippen LogP contribution in [0.3, 0.4) is 0 Å². The van der Waals surface area contributed by atoms with Crippen LogP contribution in [0.15, 0.2) is 102 Å². The largest absolute Gasteiger partial charge is 0.462 e. The van der Waals surface area contributed by atoms with Crippen LogP contribution in [0, 0.1) is 0 Å². The van der Waals surface area contributed by atoms with Crippen molar-refractivity contribution < 1.29 is 54.5 Å². The van der Waals surface area contributed by atoms with Crippen molar-refractivity contribution in [3.8, 4) is 0 Å². The molecule has 1 aliphatic heterocycles. The van der Waals surface area contributed by atoms with Gasteiger partial charge in [0, 0.05) is 24.3 Å². The SMILES string of the molecule is CCCCCCCCCCCCOC(=O)C1=C(C[n+]2ccc(C(F)(F)F)cc2)NC(C[n+]2ccc(C(F)(F)F)cc2)=C(C(=O)OCCCCCCCCCCCC)C1c1ccccc1. The number of allylic oxidation sites excluding steroid dienone is 2. The van der Waals surface area contributed by atoms with Crippen molar-refractivity contribution in [2.45, 2.75) is 174 Å². The molecule has 0 saturated heterocycles. The minimum absolute atomic E-state index is 0.0951. The molecule has 3 heterocycles. The Balaban J connectivity index is 1.65. The number of nitrogens with zero attached hydrogens (tertiary/aromatic N) is 2. The van der Waals surface area contributed by atoms with Gasteiger partial charge in [-0.1, -0.05) is 160 Å². The van der Waals surface area contributed by atoms with Gasteiger partial charge in [-0.25, -0.2) is 9.59 Å². The number of pyridine rings is 2. The smallest absolute Gasteiger partial charge is 0.416 e. The highest BCUT2D eigenvalue weighted by Crippen LogP contribution is 2.40. The van der Waals surface area contributed by atoms with Crippen molar-refractivity contribution in [3.05, 3.63) is 119 Å². The summed E-state index contributed by atoms with van der Waals surface area (Å²) >= 11 is 0. The van der Waals surface area contributed by atoms with Gasteiger partial charge in [0.25, 0.3) is 0 Å². The van der Waals surface area contributed by atoms with Crippen molar-refractivity contribution in [1.29, 1.82) is 0 Å². The second-order valence-electron chi connectivity index (χ2n) is 16.9. The number of hydrogen-bond donors (Lipinski definition) is 1. The number of carbonyl (C=O) groups is 2. The monoisotopic (exact) mass is 902 g/mol. The van der Waals surface area contributed by atoms with Gasteiger partial charge >= 0.3 is 24.3 Å². The van der Waals surface area contributed by atoms with Crippen LogP contribution >= 0.6 is 0 Å². The van der Waals surface area contributed by atoms with E-state index in [1.807, 2.05) is 0 Å². The number of esters is 2. The number of unbranched alkanes of at least 4 members (excludes halogenated alkanes) is 18. The zero-order valence-corrected chi connectivity index (χ0v) is 37.8. The maximum absolute atomic E-state index is 14.5. The van der Waals surface area contributed by atoms with E-state index in [0.717, 1.165) is 75.6 Å². The fourth-order valence-corrected chi connectivity index (χ4v) is 8.05. The number of alkyl halides is 6. The lowest BCUT2D eigenvalue weighted by Gasteiger charge is -2.31. The molecule has 352 valence electrons. The van der Waals surface area contributed by atoms with Gasteiger partial charge in [0.05, 0.1) is 52.8 Å². The molecule has 0 amide bonds. The summed E-state index contributed by atoms with van der Waals surface area (Å²) in [5, 5.41) is 3.26. The van der Waals surface area contributed by atoms with E-state index >= 15 is 0 Å². The highest BCUT2D eigenvalue weighted by molar-refractivity contribution is 6.00. The van der Waals surface area contributed by atoms with Crippen molar-refractivity contribution in [2.75, 3.05) is 13.2 Å². The van der Waals surface area contributed by atoms with Gasteiger partial charge in [0.1, 0.15) is 0 Å². The van der Waals surface area contributed by atoms with Gasteiger partial charge in [0.15, 0.2) is 37.9 Å². The number of dihydropyridines is 1. The molecule has 7 nitrogen and oxygen atoms in total. The first-order chi connectivity index (χ1) is 30.8. The van der Waals surface area contributed by atoms with E-state index in [2.05, 4.69) is 19.2 Å². The summed E-state index contributed by atoms with van der Waals surface area (Å²) in [4.78, 5) is 29.0. The highest BCUT2D eigenvalue weighted by atomic mass is 19.4.